The fourth-order valence-electron chi connectivity index (χ4n) is 1.37. The molecule has 0 aromatic rings. The number of rotatable bonds is 10. The van der Waals surface area contributed by atoms with Crippen LogP contribution < -0.4 is 30.6 Å². The molecule has 0 bridgehead atoms. The fraction of sp³-hybridized carbons (Fsp3) is 0.500. The SMILES string of the molecule is O.O.O.O=C([O-])CC(O)(CC(=O)[O-])C(=O)[O-].O=C([O-])CC(O)(CC(=O)[O-])C(=O)[O-].[Ca+2].[Ca+2].[Ca+2]. The normalized spacial score (nSPS) is 8.81. The molecule has 0 radical (unpaired) electrons. The van der Waals surface area contributed by atoms with Crippen LogP contribution in [0.2, 0.25) is 0 Å². The van der Waals surface area contributed by atoms with Gasteiger partial charge in [0.1, 0.15) is 11.2 Å². The molecule has 0 atom stereocenters. The van der Waals surface area contributed by atoms with E-state index in [1.807, 2.05) is 0 Å². The van der Waals surface area contributed by atoms with Gasteiger partial charge in [0.15, 0.2) is 0 Å². The minimum absolute atomic E-state index is 0. The van der Waals surface area contributed by atoms with Crippen molar-refractivity contribution < 1.29 is 86.0 Å². The Kier molecular flexibility index (Phi) is 41.1. The maximum absolute atomic E-state index is 10.1. The van der Waals surface area contributed by atoms with Crippen molar-refractivity contribution in [1.29, 1.82) is 0 Å². The molecule has 0 unspecified atom stereocenters. The summed E-state index contributed by atoms with van der Waals surface area (Å²) in [6, 6.07) is 0. The van der Waals surface area contributed by atoms with Crippen molar-refractivity contribution in [3.05, 3.63) is 0 Å². The molecule has 0 aliphatic rings. The van der Waals surface area contributed by atoms with Gasteiger partial charge in [0.2, 0.25) is 0 Å². The van der Waals surface area contributed by atoms with Gasteiger partial charge >= 0.3 is 113 Å². The maximum Gasteiger partial charge on any atom is 2.00 e. The van der Waals surface area contributed by atoms with Crippen LogP contribution in [-0.4, -0.2) is 187 Å². The van der Waals surface area contributed by atoms with Crippen LogP contribution in [0.15, 0.2) is 0 Å². The van der Waals surface area contributed by atoms with Gasteiger partial charge in [-0.15, -0.1) is 0 Å². The summed E-state index contributed by atoms with van der Waals surface area (Å²) >= 11 is 0. The van der Waals surface area contributed by atoms with Gasteiger partial charge in [-0.25, -0.2) is 0 Å². The zero-order valence-corrected chi connectivity index (χ0v) is 22.9. The first-order valence-electron chi connectivity index (χ1n) is 6.23. The zero-order chi connectivity index (χ0) is 21.3. The fourth-order valence-corrected chi connectivity index (χ4v) is 1.37. The second-order valence-electron chi connectivity index (χ2n) is 4.83. The van der Waals surface area contributed by atoms with Crippen molar-refractivity contribution in [2.45, 2.75) is 36.9 Å². The summed E-state index contributed by atoms with van der Waals surface area (Å²) in [5.74, 6) is -12.0. The minimum Gasteiger partial charge on any atom is -0.550 e. The van der Waals surface area contributed by atoms with Crippen LogP contribution in [0.5, 0.6) is 0 Å². The Labute approximate surface area is 268 Å². The molecule has 0 aliphatic heterocycles. The average Bonchev–Trinajstić information content (AvgIpc) is 2.34. The maximum atomic E-state index is 10.1. The van der Waals surface area contributed by atoms with E-state index in [2.05, 4.69) is 0 Å². The third-order valence-electron chi connectivity index (χ3n) is 2.51. The van der Waals surface area contributed by atoms with E-state index in [9.17, 15) is 59.4 Å². The first kappa shape index (κ1) is 53.7. The molecule has 0 spiro atoms. The molecule has 0 amide bonds. The Morgan fingerprint density at radius 1 is 0.469 bits per heavy atom. The molecular weight excluding hydrogens is 536 g/mol. The van der Waals surface area contributed by atoms with E-state index in [1.165, 1.54) is 0 Å². The Morgan fingerprint density at radius 3 is 0.656 bits per heavy atom. The van der Waals surface area contributed by atoms with Crippen molar-refractivity contribution in [3.63, 3.8) is 0 Å². The summed E-state index contributed by atoms with van der Waals surface area (Å²) in [6.07, 6.45) is -5.43. The molecule has 0 heterocycles. The molecule has 8 N–H and O–H groups in total. The smallest absolute Gasteiger partial charge is 0.550 e. The second-order valence-corrected chi connectivity index (χ2v) is 4.83. The average molecular weight is 552 g/mol. The summed E-state index contributed by atoms with van der Waals surface area (Å²) < 4.78 is 0. The molecule has 32 heavy (non-hydrogen) atoms. The van der Waals surface area contributed by atoms with Crippen LogP contribution >= 0.6 is 0 Å². The molecule has 0 saturated carbocycles. The van der Waals surface area contributed by atoms with Gasteiger partial charge in [-0.3, -0.25) is 0 Å². The van der Waals surface area contributed by atoms with Crippen LogP contribution in [0.4, 0.5) is 0 Å². The number of carboxylic acid groups (broad SMARTS) is 6. The molecular formula is C12H16Ca3O17. The Bertz CT molecular complexity index is 524. The summed E-state index contributed by atoms with van der Waals surface area (Å²) in [5, 5.41) is 77.9. The number of aliphatic hydroxyl groups is 2. The molecule has 17 nitrogen and oxygen atoms in total. The van der Waals surface area contributed by atoms with Gasteiger partial charge in [0.05, 0.1) is 11.9 Å². The topological polar surface area (TPSA) is 376 Å². The van der Waals surface area contributed by atoms with Gasteiger partial charge in [-0.2, -0.15) is 0 Å². The van der Waals surface area contributed by atoms with Crippen molar-refractivity contribution >= 4 is 149 Å². The summed E-state index contributed by atoms with van der Waals surface area (Å²) in [5.41, 5.74) is -5.95. The predicted octanol–water partition coefficient (Wildman–Crippen LogP) is -14.1. The van der Waals surface area contributed by atoms with Crippen molar-refractivity contribution in [2.24, 2.45) is 0 Å². The number of carbonyl (C=O) groups is 6. The quantitative estimate of drug-likeness (QED) is 0.238. The Hall–Kier alpha value is 0.399. The number of aliphatic carboxylic acids is 6. The van der Waals surface area contributed by atoms with E-state index in [-0.39, 0.29) is 130 Å². The second kappa shape index (κ2) is 24.5. The van der Waals surface area contributed by atoms with E-state index in [0.717, 1.165) is 0 Å². The molecule has 172 valence electrons. The molecule has 0 aromatic carbocycles. The van der Waals surface area contributed by atoms with Gasteiger partial charge in [0.25, 0.3) is 0 Å². The van der Waals surface area contributed by atoms with E-state index < -0.39 is 72.7 Å². The number of carbonyl (C=O) groups excluding carboxylic acids is 6. The monoisotopic (exact) mass is 552 g/mol. The standard InChI is InChI=1S/2C6H8O7.3Ca.3H2O/c2*7-3(8)1-6(13,5(11)12)2-4(9)10;;;;;;/h2*13H,1-2H2,(H,7,8)(H,9,10)(H,11,12);;;;3*1H2/q;;3*+2;;;/p-6. The molecule has 0 saturated heterocycles. The molecule has 0 aromatic heterocycles. The molecule has 0 aliphatic carbocycles. The largest absolute Gasteiger partial charge is 2.00 e. The number of carboxylic acids is 6. The van der Waals surface area contributed by atoms with Crippen LogP contribution in [0.1, 0.15) is 25.7 Å². The van der Waals surface area contributed by atoms with Crippen LogP contribution in [-0.2, 0) is 28.8 Å². The van der Waals surface area contributed by atoms with Gasteiger partial charge in [0, 0.05) is 49.6 Å². The Morgan fingerprint density at radius 2 is 0.594 bits per heavy atom. The van der Waals surface area contributed by atoms with Crippen molar-refractivity contribution in [3.8, 4) is 0 Å². The zero-order valence-electron chi connectivity index (χ0n) is 16.2. The van der Waals surface area contributed by atoms with Crippen molar-refractivity contribution in [2.75, 3.05) is 0 Å². The third-order valence-corrected chi connectivity index (χ3v) is 2.51. The van der Waals surface area contributed by atoms with E-state index in [0.29, 0.717) is 0 Å². The van der Waals surface area contributed by atoms with E-state index in [1.54, 1.807) is 0 Å². The molecule has 0 rings (SSSR count). The summed E-state index contributed by atoms with van der Waals surface area (Å²) in [6.45, 7) is 0. The Balaban J connectivity index is -0.0000000505. The number of hydrogen-bond acceptors (Lipinski definition) is 14. The molecule has 20 heteroatoms. The van der Waals surface area contributed by atoms with Crippen molar-refractivity contribution in [1.82, 2.24) is 0 Å². The van der Waals surface area contributed by atoms with E-state index >= 15 is 0 Å². The first-order chi connectivity index (χ1) is 11.6. The van der Waals surface area contributed by atoms with E-state index in [4.69, 9.17) is 10.2 Å². The third kappa shape index (κ3) is 25.0. The van der Waals surface area contributed by atoms with Gasteiger partial charge in [-0.05, 0) is 0 Å². The van der Waals surface area contributed by atoms with Crippen LogP contribution in [0, 0.1) is 0 Å². The number of hydrogen-bond donors (Lipinski definition) is 2. The van der Waals surface area contributed by atoms with Gasteiger partial charge in [-0.1, -0.05) is 0 Å². The predicted molar refractivity (Wildman–Crippen MR) is 86.5 cm³/mol. The van der Waals surface area contributed by atoms with Crippen LogP contribution in [0.25, 0.3) is 0 Å². The van der Waals surface area contributed by atoms with Crippen LogP contribution in [0.3, 0.4) is 0 Å². The summed E-state index contributed by atoms with van der Waals surface area (Å²) in [7, 11) is 0. The van der Waals surface area contributed by atoms with Gasteiger partial charge < -0.3 is 86.0 Å². The molecule has 0 fully saturated rings. The first-order valence-corrected chi connectivity index (χ1v) is 6.23. The minimum atomic E-state index is -2.97. The summed E-state index contributed by atoms with van der Waals surface area (Å²) in [4.78, 5) is 60.0.